The van der Waals surface area contributed by atoms with Crippen LogP contribution in [-0.4, -0.2) is 47.1 Å². The Bertz CT molecular complexity index is 468. The standard InChI is InChI=1S/C20H34N2O3/c23-18-10-9-17(14-22(18)13-16-7-3-1-4-8-16)19(24)21-15-20(25)11-5-2-6-12-20/h16-17,25H,1-15H2,(H,21,24)/t17-/m1/s1. The molecule has 5 nitrogen and oxygen atoms in total. The highest BCUT2D eigenvalue weighted by Gasteiger charge is 2.34. The molecule has 3 aliphatic rings. The van der Waals surface area contributed by atoms with Gasteiger partial charge in [0.25, 0.3) is 0 Å². The number of piperidine rings is 1. The van der Waals surface area contributed by atoms with E-state index in [1.54, 1.807) is 0 Å². The van der Waals surface area contributed by atoms with E-state index in [0.717, 1.165) is 32.2 Å². The molecule has 1 atom stereocenters. The number of hydrogen-bond acceptors (Lipinski definition) is 3. The van der Waals surface area contributed by atoms with Crippen LogP contribution in [0.15, 0.2) is 0 Å². The van der Waals surface area contributed by atoms with Crippen LogP contribution in [0.3, 0.4) is 0 Å². The number of nitrogens with zero attached hydrogens (tertiary/aromatic N) is 1. The molecule has 2 amide bonds. The zero-order chi connectivity index (χ0) is 17.7. The summed E-state index contributed by atoms with van der Waals surface area (Å²) in [5.74, 6) is 0.719. The van der Waals surface area contributed by atoms with Crippen molar-refractivity contribution in [3.8, 4) is 0 Å². The van der Waals surface area contributed by atoms with Gasteiger partial charge in [-0.3, -0.25) is 9.59 Å². The zero-order valence-corrected chi connectivity index (χ0v) is 15.5. The molecule has 2 saturated carbocycles. The summed E-state index contributed by atoms with van der Waals surface area (Å²) in [4.78, 5) is 26.7. The summed E-state index contributed by atoms with van der Waals surface area (Å²) in [6.45, 7) is 1.74. The van der Waals surface area contributed by atoms with Crippen LogP contribution in [0.1, 0.15) is 77.0 Å². The van der Waals surface area contributed by atoms with Crippen LogP contribution < -0.4 is 5.32 Å². The molecule has 0 aromatic heterocycles. The average molecular weight is 351 g/mol. The molecule has 0 spiro atoms. The molecule has 142 valence electrons. The van der Waals surface area contributed by atoms with Crippen molar-refractivity contribution < 1.29 is 14.7 Å². The number of rotatable bonds is 5. The molecule has 0 aromatic carbocycles. The van der Waals surface area contributed by atoms with Crippen LogP contribution >= 0.6 is 0 Å². The topological polar surface area (TPSA) is 69.6 Å². The van der Waals surface area contributed by atoms with Gasteiger partial charge < -0.3 is 15.3 Å². The van der Waals surface area contributed by atoms with Crippen molar-refractivity contribution in [3.63, 3.8) is 0 Å². The summed E-state index contributed by atoms with van der Waals surface area (Å²) < 4.78 is 0. The number of hydrogen-bond donors (Lipinski definition) is 2. The van der Waals surface area contributed by atoms with Gasteiger partial charge in [0.05, 0.1) is 11.5 Å². The van der Waals surface area contributed by atoms with E-state index < -0.39 is 5.60 Å². The fourth-order valence-electron chi connectivity index (χ4n) is 4.77. The van der Waals surface area contributed by atoms with Gasteiger partial charge in [0.2, 0.25) is 11.8 Å². The van der Waals surface area contributed by atoms with Crippen LogP contribution in [0.25, 0.3) is 0 Å². The third kappa shape index (κ3) is 5.19. The van der Waals surface area contributed by atoms with Gasteiger partial charge in [-0.2, -0.15) is 0 Å². The smallest absolute Gasteiger partial charge is 0.225 e. The second kappa shape index (κ2) is 8.52. The van der Waals surface area contributed by atoms with E-state index >= 15 is 0 Å². The maximum atomic E-state index is 12.6. The largest absolute Gasteiger partial charge is 0.388 e. The fraction of sp³-hybridized carbons (Fsp3) is 0.900. The number of amides is 2. The summed E-state index contributed by atoms with van der Waals surface area (Å²) in [6, 6.07) is 0. The number of carbonyl (C=O) groups is 2. The maximum Gasteiger partial charge on any atom is 0.225 e. The molecule has 0 bridgehead atoms. The van der Waals surface area contributed by atoms with E-state index in [1.807, 2.05) is 4.90 Å². The highest BCUT2D eigenvalue weighted by molar-refractivity contribution is 5.83. The van der Waals surface area contributed by atoms with Crippen LogP contribution in [0, 0.1) is 11.8 Å². The number of carbonyl (C=O) groups excluding carboxylic acids is 2. The van der Waals surface area contributed by atoms with Gasteiger partial charge in [-0.1, -0.05) is 38.5 Å². The zero-order valence-electron chi connectivity index (χ0n) is 15.5. The van der Waals surface area contributed by atoms with Crippen LogP contribution in [0.4, 0.5) is 0 Å². The van der Waals surface area contributed by atoms with Crippen LogP contribution in [0.2, 0.25) is 0 Å². The molecular formula is C20H34N2O3. The first-order valence-electron chi connectivity index (χ1n) is 10.3. The van der Waals surface area contributed by atoms with Crippen molar-refractivity contribution in [2.75, 3.05) is 19.6 Å². The highest BCUT2D eigenvalue weighted by Crippen LogP contribution is 2.29. The van der Waals surface area contributed by atoms with Crippen LogP contribution in [0.5, 0.6) is 0 Å². The van der Waals surface area contributed by atoms with E-state index in [0.29, 0.717) is 31.8 Å². The third-order valence-electron chi connectivity index (χ3n) is 6.45. The lowest BCUT2D eigenvalue weighted by molar-refractivity contribution is -0.139. The Morgan fingerprint density at radius 3 is 2.48 bits per heavy atom. The lowest BCUT2D eigenvalue weighted by Gasteiger charge is -2.36. The molecule has 1 aliphatic heterocycles. The SMILES string of the molecule is O=C(NCC1(O)CCCCC1)[C@@H]1CCC(=O)N(CC2CCCCC2)C1. The predicted molar refractivity (Wildman–Crippen MR) is 96.9 cm³/mol. The quantitative estimate of drug-likeness (QED) is 0.801. The first kappa shape index (κ1) is 18.7. The van der Waals surface area contributed by atoms with E-state index in [4.69, 9.17) is 0 Å². The van der Waals surface area contributed by atoms with Crippen molar-refractivity contribution >= 4 is 11.8 Å². The van der Waals surface area contributed by atoms with Gasteiger partial charge in [-0.05, 0) is 38.0 Å². The Morgan fingerprint density at radius 2 is 1.76 bits per heavy atom. The normalized spacial score (nSPS) is 28.0. The Balaban J connectivity index is 1.47. The van der Waals surface area contributed by atoms with E-state index in [1.165, 1.54) is 38.5 Å². The predicted octanol–water partition coefficient (Wildman–Crippen LogP) is 2.62. The Kier molecular flexibility index (Phi) is 6.37. The third-order valence-corrected chi connectivity index (χ3v) is 6.45. The van der Waals surface area contributed by atoms with Gasteiger partial charge >= 0.3 is 0 Å². The highest BCUT2D eigenvalue weighted by atomic mass is 16.3. The summed E-state index contributed by atoms with van der Waals surface area (Å²) in [6.07, 6.45) is 12.2. The van der Waals surface area contributed by atoms with Gasteiger partial charge in [0, 0.05) is 26.1 Å². The molecule has 5 heteroatoms. The minimum absolute atomic E-state index is 0.0140. The lowest BCUT2D eigenvalue weighted by atomic mass is 9.84. The average Bonchev–Trinajstić information content (AvgIpc) is 2.63. The van der Waals surface area contributed by atoms with E-state index in [2.05, 4.69) is 5.32 Å². The summed E-state index contributed by atoms with van der Waals surface area (Å²) in [7, 11) is 0. The molecule has 2 N–H and O–H groups in total. The summed E-state index contributed by atoms with van der Waals surface area (Å²) in [5, 5.41) is 13.5. The molecule has 3 rings (SSSR count). The van der Waals surface area contributed by atoms with E-state index in [-0.39, 0.29) is 17.7 Å². The molecule has 0 unspecified atom stereocenters. The molecule has 1 saturated heterocycles. The van der Waals surface area contributed by atoms with Crippen molar-refractivity contribution in [1.29, 1.82) is 0 Å². The Hall–Kier alpha value is -1.10. The number of nitrogens with one attached hydrogen (secondary N) is 1. The first-order chi connectivity index (χ1) is 12.1. The fourth-order valence-corrected chi connectivity index (χ4v) is 4.77. The van der Waals surface area contributed by atoms with Gasteiger partial charge in [0.15, 0.2) is 0 Å². The van der Waals surface area contributed by atoms with E-state index in [9.17, 15) is 14.7 Å². The second-order valence-electron chi connectivity index (χ2n) is 8.54. The van der Waals surface area contributed by atoms with Crippen molar-refractivity contribution in [2.45, 2.75) is 82.7 Å². The van der Waals surface area contributed by atoms with Crippen molar-refractivity contribution in [2.24, 2.45) is 11.8 Å². The first-order valence-corrected chi connectivity index (χ1v) is 10.3. The summed E-state index contributed by atoms with van der Waals surface area (Å²) >= 11 is 0. The molecule has 0 aromatic rings. The number of likely N-dealkylation sites (tertiary alicyclic amines) is 1. The van der Waals surface area contributed by atoms with Crippen molar-refractivity contribution in [3.05, 3.63) is 0 Å². The summed E-state index contributed by atoms with van der Waals surface area (Å²) in [5.41, 5.74) is -0.722. The monoisotopic (exact) mass is 350 g/mol. The molecule has 3 fully saturated rings. The molecular weight excluding hydrogens is 316 g/mol. The lowest BCUT2D eigenvalue weighted by Crippen LogP contribution is -2.50. The minimum Gasteiger partial charge on any atom is -0.388 e. The van der Waals surface area contributed by atoms with Crippen LogP contribution in [-0.2, 0) is 9.59 Å². The van der Waals surface area contributed by atoms with Gasteiger partial charge in [-0.25, -0.2) is 0 Å². The van der Waals surface area contributed by atoms with Gasteiger partial charge in [0.1, 0.15) is 0 Å². The second-order valence-corrected chi connectivity index (χ2v) is 8.54. The minimum atomic E-state index is -0.722. The van der Waals surface area contributed by atoms with Crippen molar-refractivity contribution in [1.82, 2.24) is 10.2 Å². The Morgan fingerprint density at radius 1 is 1.08 bits per heavy atom. The number of aliphatic hydroxyl groups is 1. The molecule has 1 heterocycles. The molecule has 2 aliphatic carbocycles. The molecule has 25 heavy (non-hydrogen) atoms. The molecule has 0 radical (unpaired) electrons. The van der Waals surface area contributed by atoms with Gasteiger partial charge in [-0.15, -0.1) is 0 Å². The Labute approximate surface area is 151 Å². The maximum absolute atomic E-state index is 12.6.